The van der Waals surface area contributed by atoms with Gasteiger partial charge in [0.1, 0.15) is 98.7 Å². The summed E-state index contributed by atoms with van der Waals surface area (Å²) in [4.78, 5) is 51.0. The zero-order chi connectivity index (χ0) is 73.9. The maximum Gasteiger partial charge on any atom is 0.472 e. The largest absolute Gasteiger partial charge is 0.472 e. The summed E-state index contributed by atoms with van der Waals surface area (Å²) in [7, 11) is -5.72. The van der Waals surface area contributed by atoms with Gasteiger partial charge < -0.3 is 89.1 Å². The van der Waals surface area contributed by atoms with Gasteiger partial charge in [0.2, 0.25) is 0 Å². The highest BCUT2D eigenvalue weighted by molar-refractivity contribution is 7.47. The van der Waals surface area contributed by atoms with E-state index in [-0.39, 0.29) is 12.8 Å². The highest BCUT2D eigenvalue weighted by atomic mass is 31.2. The fraction of sp³-hybridized carbons (Fsp3) is 0.908. The third-order valence-electron chi connectivity index (χ3n) is 19.6. The van der Waals surface area contributed by atoms with E-state index in [1.165, 1.54) is 179 Å². The van der Waals surface area contributed by atoms with Crippen LogP contribution in [0.25, 0.3) is 0 Å². The van der Waals surface area contributed by atoms with Gasteiger partial charge in [-0.15, -0.1) is 0 Å². The molecule has 0 aromatic rings. The molecule has 25 heteroatoms. The highest BCUT2D eigenvalue weighted by Crippen LogP contribution is 2.49. The van der Waals surface area contributed by atoms with E-state index in [0.29, 0.717) is 12.8 Å². The highest BCUT2D eigenvalue weighted by Gasteiger charge is 2.58. The van der Waals surface area contributed by atoms with Crippen molar-refractivity contribution in [3.63, 3.8) is 0 Å². The van der Waals surface area contributed by atoms with Gasteiger partial charge in [0.15, 0.2) is 18.7 Å². The molecule has 0 bridgehead atoms. The fourth-order valence-corrected chi connectivity index (χ4v) is 14.1. The molecule has 0 radical (unpaired) electrons. The van der Waals surface area contributed by atoms with Crippen molar-refractivity contribution in [3.8, 4) is 0 Å². The lowest BCUT2D eigenvalue weighted by atomic mass is 9.84. The summed E-state index contributed by atoms with van der Waals surface area (Å²) in [5, 5.41) is 110. The number of ether oxygens (including phenoxy) is 7. The molecule has 18 unspecified atom stereocenters. The van der Waals surface area contributed by atoms with Crippen molar-refractivity contribution in [1.82, 2.24) is 0 Å². The average Bonchev–Trinajstić information content (AvgIpc) is 0.763. The van der Waals surface area contributed by atoms with E-state index in [1.807, 2.05) is 6.08 Å². The molecule has 24 nitrogen and oxygen atoms in total. The van der Waals surface area contributed by atoms with Gasteiger partial charge in [0.05, 0.1) is 13.2 Å². The van der Waals surface area contributed by atoms with Crippen molar-refractivity contribution >= 4 is 25.7 Å². The molecule has 3 fully saturated rings. The number of aliphatic hydroxyl groups excluding tert-OH is 10. The van der Waals surface area contributed by atoms with Crippen molar-refractivity contribution in [2.24, 2.45) is 0 Å². The fourth-order valence-electron chi connectivity index (χ4n) is 13.1. The Kier molecular flexibility index (Phi) is 52.8. The van der Waals surface area contributed by atoms with Crippen molar-refractivity contribution in [2.75, 3.05) is 26.4 Å². The van der Waals surface area contributed by atoms with Crippen LogP contribution >= 0.6 is 7.82 Å². The van der Waals surface area contributed by atoms with Crippen molar-refractivity contribution in [3.05, 3.63) is 24.3 Å². The molecule has 1 saturated carbocycles. The van der Waals surface area contributed by atoms with Crippen LogP contribution in [0.15, 0.2) is 24.3 Å². The lowest BCUT2D eigenvalue weighted by molar-refractivity contribution is -0.360. The number of carbonyl (C=O) groups is 3. The summed E-state index contributed by atoms with van der Waals surface area (Å²) >= 11 is 0. The molecule has 3 rings (SSSR count). The van der Waals surface area contributed by atoms with Gasteiger partial charge in [-0.25, -0.2) is 9.36 Å². The second kappa shape index (κ2) is 57.6. The van der Waals surface area contributed by atoms with Crippen LogP contribution in [0.4, 0.5) is 0 Å². The number of allylic oxidation sites excluding steroid dienone is 3. The molecule has 18 atom stereocenters. The SMILES string of the molecule is CCCCCCCCCCCCC/C=C/C=C/C(=O)OC(COC(=O)CCCCCCCCCCCCCCCCCCC)COP(=O)(O)OC1C(OC2OC(CO)C(O)C(O)C2O)C(O)C(O)C(O)C1OC1OC(COC(=O)CCCCCCCCCCCCCCCC)C(O)C(O)C1O. The number of aliphatic hydroxyl groups is 10. The predicted molar refractivity (Wildman–Crippen MR) is 384 cm³/mol. The number of carbonyl (C=O) groups excluding carboxylic acids is 3. The second-order valence-corrected chi connectivity index (χ2v) is 29.9. The molecule has 0 spiro atoms. The molecule has 2 aliphatic heterocycles. The lowest BCUT2D eigenvalue weighted by Crippen LogP contribution is -2.69. The van der Waals surface area contributed by atoms with Gasteiger partial charge in [-0.1, -0.05) is 289 Å². The molecule has 2 saturated heterocycles. The summed E-state index contributed by atoms with van der Waals surface area (Å²) in [5.41, 5.74) is 0. The number of hydrogen-bond donors (Lipinski definition) is 11. The van der Waals surface area contributed by atoms with Crippen molar-refractivity contribution in [1.29, 1.82) is 0 Å². The maximum absolute atomic E-state index is 14.3. The Labute approximate surface area is 605 Å². The summed E-state index contributed by atoms with van der Waals surface area (Å²) in [5.74, 6) is -2.23. The van der Waals surface area contributed by atoms with Gasteiger partial charge in [-0.2, -0.15) is 0 Å². The first-order chi connectivity index (χ1) is 48.8. The molecule has 101 heavy (non-hydrogen) atoms. The van der Waals surface area contributed by atoms with Crippen LogP contribution < -0.4 is 0 Å². The molecule has 11 N–H and O–H groups in total. The molecular formula is C76H139O24P. The van der Waals surface area contributed by atoms with E-state index >= 15 is 0 Å². The van der Waals surface area contributed by atoms with Gasteiger partial charge in [0.25, 0.3) is 0 Å². The summed E-state index contributed by atoms with van der Waals surface area (Å²) in [6.07, 6.45) is 20.1. The van der Waals surface area contributed by atoms with Crippen LogP contribution in [0, 0.1) is 0 Å². The second-order valence-electron chi connectivity index (χ2n) is 28.5. The van der Waals surface area contributed by atoms with Gasteiger partial charge in [0, 0.05) is 18.9 Å². The number of phosphoric acid groups is 1. The monoisotopic (exact) mass is 1470 g/mol. The van der Waals surface area contributed by atoms with Gasteiger partial charge in [-0.3, -0.25) is 18.6 Å². The predicted octanol–water partition coefficient (Wildman–Crippen LogP) is 11.7. The maximum atomic E-state index is 14.3. The number of unbranched alkanes of at least 4 members (excludes halogenated alkanes) is 40. The van der Waals surface area contributed by atoms with Crippen LogP contribution in [0.5, 0.6) is 0 Å². The molecule has 0 aromatic heterocycles. The van der Waals surface area contributed by atoms with Crippen LogP contribution in [0.2, 0.25) is 0 Å². The Balaban J connectivity index is 1.73. The summed E-state index contributed by atoms with van der Waals surface area (Å²) in [6, 6.07) is 0. The minimum atomic E-state index is -5.72. The number of hydrogen-bond acceptors (Lipinski definition) is 23. The molecule has 2 heterocycles. The Morgan fingerprint density at radius 3 is 1.15 bits per heavy atom. The van der Waals surface area contributed by atoms with Crippen LogP contribution in [-0.4, -0.2) is 204 Å². The third-order valence-corrected chi connectivity index (χ3v) is 20.6. The molecule has 3 aliphatic rings. The minimum Gasteiger partial charge on any atom is -0.463 e. The van der Waals surface area contributed by atoms with E-state index in [0.717, 1.165) is 96.0 Å². The van der Waals surface area contributed by atoms with E-state index < -0.39 is 156 Å². The quantitative estimate of drug-likeness (QED) is 0.00673. The number of esters is 3. The molecule has 0 aromatic carbocycles. The van der Waals surface area contributed by atoms with Gasteiger partial charge >= 0.3 is 25.7 Å². The smallest absolute Gasteiger partial charge is 0.463 e. The number of rotatable bonds is 62. The Hall–Kier alpha value is -2.56. The minimum absolute atomic E-state index is 0.0285. The number of phosphoric ester groups is 1. The van der Waals surface area contributed by atoms with E-state index in [9.17, 15) is 74.9 Å². The topological polar surface area (TPSA) is 374 Å². The lowest BCUT2D eigenvalue weighted by Gasteiger charge is -2.49. The standard InChI is InChI=1S/C76H139O24P/c1-4-7-10-13-16-19-22-25-28-29-31-33-36-38-41-44-47-50-60(78)92-54-57(95-62(80)52-49-46-43-40-37-34-30-26-23-20-17-14-11-8-5-2)55-94-101(90,91)100-74-72(98-75-70(88)65(83)63(81)58(53-77)96-75)68(86)67(85)69(87)73(74)99-76-71(89)66(84)64(82)59(97-76)56-93-61(79)51-48-45-42-39-35-32-27-24-21-18-15-12-9-6-3/h43,46,49,52,57-59,63-77,81-89H,4-42,44-45,47-48,50-51,53-56H2,1-3H3,(H,90,91)/b46-43+,52-49+. The van der Waals surface area contributed by atoms with Gasteiger partial charge in [-0.05, 0) is 25.7 Å². The first-order valence-corrected chi connectivity index (χ1v) is 41.2. The molecule has 1 aliphatic carbocycles. The third kappa shape index (κ3) is 40.3. The first-order valence-electron chi connectivity index (χ1n) is 39.7. The van der Waals surface area contributed by atoms with E-state index in [2.05, 4.69) is 20.8 Å². The van der Waals surface area contributed by atoms with Crippen LogP contribution in [0.3, 0.4) is 0 Å². The Morgan fingerprint density at radius 1 is 0.406 bits per heavy atom. The van der Waals surface area contributed by atoms with Crippen LogP contribution in [0.1, 0.15) is 310 Å². The van der Waals surface area contributed by atoms with Crippen LogP contribution in [-0.2, 0) is 61.2 Å². The average molecular weight is 1470 g/mol. The molecule has 592 valence electrons. The zero-order valence-corrected chi connectivity index (χ0v) is 62.8. The summed E-state index contributed by atoms with van der Waals surface area (Å²) in [6.45, 7) is 3.37. The van der Waals surface area contributed by atoms with Crippen molar-refractivity contribution in [2.45, 2.75) is 414 Å². The van der Waals surface area contributed by atoms with E-state index in [1.54, 1.807) is 6.08 Å². The first kappa shape index (κ1) is 92.6. The molecular weight excluding hydrogens is 1330 g/mol. The molecule has 0 amide bonds. The summed E-state index contributed by atoms with van der Waals surface area (Å²) < 4.78 is 64.9. The Bertz CT molecular complexity index is 2180. The van der Waals surface area contributed by atoms with E-state index in [4.69, 9.17) is 42.2 Å². The Morgan fingerprint density at radius 2 is 0.752 bits per heavy atom. The normalized spacial score (nSPS) is 27.3. The zero-order valence-electron chi connectivity index (χ0n) is 61.9. The van der Waals surface area contributed by atoms with Crippen molar-refractivity contribution < 1.29 is 117 Å².